The Kier molecular flexibility index (Phi) is 6.86. The van der Waals surface area contributed by atoms with Crippen LogP contribution in [0.15, 0.2) is 23.0 Å². The SMILES string of the molecule is COc1c([C@@H]2CCCN2CCC(F)(F)F)cc(O)c2c1C[C@H]1C[C@H]3[C@H](N)C(=O)C(C(N)=O)=C(O)[C@@]3(O)C(=O)C1=C2O. The first-order valence-corrected chi connectivity index (χ1v) is 13.1. The Hall–Kier alpha value is -3.62. The van der Waals surface area contributed by atoms with Crippen molar-refractivity contribution >= 4 is 23.2 Å². The van der Waals surface area contributed by atoms with Crippen LogP contribution >= 0.6 is 0 Å². The predicted molar refractivity (Wildman–Crippen MR) is 136 cm³/mol. The van der Waals surface area contributed by atoms with Crippen molar-refractivity contribution in [2.24, 2.45) is 23.3 Å². The van der Waals surface area contributed by atoms with E-state index >= 15 is 0 Å². The van der Waals surface area contributed by atoms with Crippen LogP contribution in [0, 0.1) is 11.8 Å². The molecule has 41 heavy (non-hydrogen) atoms. The largest absolute Gasteiger partial charge is 0.508 e. The van der Waals surface area contributed by atoms with Crippen LogP contribution in [0.4, 0.5) is 13.2 Å². The van der Waals surface area contributed by atoms with Crippen molar-refractivity contribution < 1.29 is 52.7 Å². The smallest absolute Gasteiger partial charge is 0.390 e. The lowest BCUT2D eigenvalue weighted by atomic mass is 9.58. The number of aliphatic hydroxyl groups excluding tert-OH is 2. The Morgan fingerprint density at radius 1 is 1.24 bits per heavy atom. The van der Waals surface area contributed by atoms with Gasteiger partial charge in [0, 0.05) is 35.2 Å². The molecule has 0 bridgehead atoms. The Morgan fingerprint density at radius 2 is 1.93 bits per heavy atom. The number of hydrogen-bond donors (Lipinski definition) is 6. The van der Waals surface area contributed by atoms with Crippen molar-refractivity contribution in [3.05, 3.63) is 39.7 Å². The number of primary amides is 1. The van der Waals surface area contributed by atoms with Crippen molar-refractivity contribution in [2.45, 2.75) is 56.0 Å². The number of aromatic hydroxyl groups is 1. The van der Waals surface area contributed by atoms with E-state index in [-0.39, 0.29) is 36.3 Å². The van der Waals surface area contributed by atoms with Gasteiger partial charge < -0.3 is 36.6 Å². The van der Waals surface area contributed by atoms with Gasteiger partial charge in [0.2, 0.25) is 5.78 Å². The number of amides is 1. The highest BCUT2D eigenvalue weighted by atomic mass is 19.4. The van der Waals surface area contributed by atoms with Crippen molar-refractivity contribution in [3.63, 3.8) is 0 Å². The van der Waals surface area contributed by atoms with Crippen LogP contribution in [0.25, 0.3) is 5.76 Å². The average molecular weight is 582 g/mol. The second kappa shape index (κ2) is 9.74. The first-order valence-electron chi connectivity index (χ1n) is 13.1. The van der Waals surface area contributed by atoms with E-state index in [0.29, 0.717) is 30.5 Å². The molecule has 8 N–H and O–H groups in total. The van der Waals surface area contributed by atoms with Crippen LogP contribution in [0.5, 0.6) is 11.5 Å². The maximum Gasteiger partial charge on any atom is 0.390 e. The number of fused-ring (bicyclic) bond motifs is 3. The number of likely N-dealkylation sites (tertiary alicyclic amines) is 1. The van der Waals surface area contributed by atoms with Crippen LogP contribution < -0.4 is 16.2 Å². The second-order valence-corrected chi connectivity index (χ2v) is 11.0. The summed E-state index contributed by atoms with van der Waals surface area (Å²) in [5.41, 5.74) is 7.63. The highest BCUT2D eigenvalue weighted by Crippen LogP contribution is 2.54. The summed E-state index contributed by atoms with van der Waals surface area (Å²) in [4.78, 5) is 40.0. The molecular weight excluding hydrogens is 551 g/mol. The fourth-order valence-corrected chi connectivity index (χ4v) is 7.00. The van der Waals surface area contributed by atoms with Crippen molar-refractivity contribution in [1.82, 2.24) is 4.90 Å². The molecule has 1 heterocycles. The quantitative estimate of drug-likeness (QED) is 0.277. The maximum atomic E-state index is 13.7. The minimum atomic E-state index is -4.35. The van der Waals surface area contributed by atoms with Crippen LogP contribution in [-0.2, 0) is 20.8 Å². The van der Waals surface area contributed by atoms with E-state index in [2.05, 4.69) is 0 Å². The highest BCUT2D eigenvalue weighted by Gasteiger charge is 2.63. The van der Waals surface area contributed by atoms with Crippen molar-refractivity contribution in [3.8, 4) is 11.5 Å². The zero-order chi connectivity index (χ0) is 30.2. The van der Waals surface area contributed by atoms with Gasteiger partial charge in [0.25, 0.3) is 5.91 Å². The fourth-order valence-electron chi connectivity index (χ4n) is 7.00. The monoisotopic (exact) mass is 581 g/mol. The fraction of sp³-hybridized carbons (Fsp3) is 0.519. The van der Waals surface area contributed by atoms with Crippen LogP contribution in [0.3, 0.4) is 0 Å². The van der Waals surface area contributed by atoms with Gasteiger partial charge in [-0.15, -0.1) is 0 Å². The Labute approximate surface area is 231 Å². The van der Waals surface area contributed by atoms with Gasteiger partial charge >= 0.3 is 6.18 Å². The summed E-state index contributed by atoms with van der Waals surface area (Å²) >= 11 is 0. The molecule has 1 saturated carbocycles. The van der Waals surface area contributed by atoms with E-state index in [0.717, 1.165) is 0 Å². The molecule has 14 heteroatoms. The highest BCUT2D eigenvalue weighted by molar-refractivity contribution is 6.24. The van der Waals surface area contributed by atoms with Crippen molar-refractivity contribution in [1.29, 1.82) is 0 Å². The van der Waals surface area contributed by atoms with E-state index in [1.165, 1.54) is 13.2 Å². The van der Waals surface area contributed by atoms with Crippen LogP contribution in [-0.4, -0.2) is 80.8 Å². The molecule has 5 rings (SSSR count). The van der Waals surface area contributed by atoms with Gasteiger partial charge in [-0.1, -0.05) is 0 Å². The van der Waals surface area contributed by atoms with Gasteiger partial charge in [0.05, 0.1) is 25.1 Å². The number of carbonyl (C=O) groups excluding carboxylic acids is 3. The summed E-state index contributed by atoms with van der Waals surface area (Å²) in [6, 6.07) is -0.795. The first-order chi connectivity index (χ1) is 19.1. The number of carbonyl (C=O) groups is 3. The number of ketones is 2. The third kappa shape index (κ3) is 4.27. The van der Waals surface area contributed by atoms with E-state index < -0.39 is 82.4 Å². The second-order valence-electron chi connectivity index (χ2n) is 11.0. The number of phenolic OH excluding ortho intramolecular Hbond substituents is 1. The standard InChI is InChI=1S/C27H30F3N3O8/c1-41-22-11(14-3-2-5-33(14)6-4-26(28,29)30)9-15(34)17-12(22)7-10-8-13-19(31)21(36)18(25(32)39)24(38)27(13,40)23(37)16(10)20(17)35/h9-10,13-14,19,34-35,38,40H,2-8,31H2,1H3,(H2,32,39)/t10-,13-,14-,19-,27-/m0/s1. The summed E-state index contributed by atoms with van der Waals surface area (Å²) in [7, 11) is 1.34. The molecule has 222 valence electrons. The van der Waals surface area contributed by atoms with Crippen LogP contribution in [0.2, 0.25) is 0 Å². The molecule has 1 saturated heterocycles. The molecule has 1 amide bonds. The van der Waals surface area contributed by atoms with Gasteiger partial charge in [0.1, 0.15) is 28.6 Å². The van der Waals surface area contributed by atoms with E-state index in [1.54, 1.807) is 4.90 Å². The number of nitrogens with two attached hydrogens (primary N) is 2. The number of methoxy groups -OCH3 is 1. The molecule has 5 atom stereocenters. The lowest BCUT2D eigenvalue weighted by molar-refractivity contribution is -0.149. The van der Waals surface area contributed by atoms with E-state index in [1.807, 2.05) is 0 Å². The zero-order valence-corrected chi connectivity index (χ0v) is 22.0. The number of halogens is 3. The minimum Gasteiger partial charge on any atom is -0.508 e. The molecule has 0 aromatic heterocycles. The number of alkyl halides is 3. The first kappa shape index (κ1) is 28.9. The molecular formula is C27H30F3N3O8. The van der Waals surface area contributed by atoms with Gasteiger partial charge in [-0.3, -0.25) is 19.3 Å². The average Bonchev–Trinajstić information content (AvgIpc) is 3.36. The lowest BCUT2D eigenvalue weighted by Crippen LogP contribution is -2.65. The number of nitrogens with zero attached hydrogens (tertiary/aromatic N) is 1. The normalized spacial score (nSPS) is 30.3. The molecule has 0 radical (unpaired) electrons. The summed E-state index contributed by atoms with van der Waals surface area (Å²) in [5.74, 6) is -8.02. The Bertz CT molecular complexity index is 1420. The van der Waals surface area contributed by atoms with Gasteiger partial charge in [-0.2, -0.15) is 13.2 Å². The number of rotatable bonds is 5. The van der Waals surface area contributed by atoms with Crippen LogP contribution in [0.1, 0.15) is 48.4 Å². The summed E-state index contributed by atoms with van der Waals surface area (Å²) < 4.78 is 44.5. The number of phenols is 1. The molecule has 0 unspecified atom stereocenters. The van der Waals surface area contributed by atoms with Gasteiger partial charge in [-0.05, 0) is 44.2 Å². The number of aliphatic hydroxyl groups is 3. The number of Topliss-reactive ketones (excluding diaryl/α,β-unsaturated/α-hetero) is 2. The summed E-state index contributed by atoms with van der Waals surface area (Å²) in [5, 5.41) is 44.5. The summed E-state index contributed by atoms with van der Waals surface area (Å²) in [6.07, 6.45) is -4.45. The lowest BCUT2D eigenvalue weighted by Gasteiger charge is -2.48. The third-order valence-electron chi connectivity index (χ3n) is 8.84. The van der Waals surface area contributed by atoms with Crippen molar-refractivity contribution in [2.75, 3.05) is 20.2 Å². The summed E-state index contributed by atoms with van der Waals surface area (Å²) in [6.45, 7) is 0.155. The molecule has 4 aliphatic rings. The van der Waals surface area contributed by atoms with Gasteiger partial charge in [0.15, 0.2) is 11.4 Å². The number of benzene rings is 1. The number of hydrogen-bond acceptors (Lipinski definition) is 10. The molecule has 11 nitrogen and oxygen atoms in total. The topological polar surface area (TPSA) is 197 Å². The Balaban J connectivity index is 1.62. The van der Waals surface area contributed by atoms with E-state index in [4.69, 9.17) is 16.2 Å². The molecule has 3 aliphatic carbocycles. The van der Waals surface area contributed by atoms with E-state index in [9.17, 15) is 48.0 Å². The zero-order valence-electron chi connectivity index (χ0n) is 22.0. The Morgan fingerprint density at radius 3 is 2.54 bits per heavy atom. The molecule has 1 aromatic carbocycles. The number of ether oxygens (including phenoxy) is 1. The predicted octanol–water partition coefficient (Wildman–Crippen LogP) is 1.46. The molecule has 2 fully saturated rings. The molecule has 1 aliphatic heterocycles. The maximum absolute atomic E-state index is 13.7. The molecule has 0 spiro atoms. The minimum absolute atomic E-state index is 0.0268. The third-order valence-corrected chi connectivity index (χ3v) is 8.84. The molecule has 1 aromatic rings. The van der Waals surface area contributed by atoms with Gasteiger partial charge in [-0.25, -0.2) is 0 Å².